The van der Waals surface area contributed by atoms with Gasteiger partial charge in [0.05, 0.1) is 5.75 Å². The molecule has 2 rings (SSSR count). The van der Waals surface area contributed by atoms with Crippen molar-refractivity contribution in [1.29, 1.82) is 0 Å². The molecule has 1 aliphatic rings. The average molecular weight is 312 g/mol. The Bertz CT molecular complexity index is 584. The number of benzene rings is 1. The number of hydrogen-bond donors (Lipinski definition) is 1. The van der Waals surface area contributed by atoms with Gasteiger partial charge in [-0.2, -0.15) is 0 Å². The summed E-state index contributed by atoms with van der Waals surface area (Å²) in [5.74, 6) is 1.03. The van der Waals surface area contributed by atoms with Crippen LogP contribution in [0.2, 0.25) is 0 Å². The Morgan fingerprint density at radius 1 is 1.33 bits per heavy atom. The molecule has 0 aromatic heterocycles. The molecule has 0 aliphatic carbocycles. The van der Waals surface area contributed by atoms with Crippen LogP contribution in [-0.2, 0) is 16.6 Å². The van der Waals surface area contributed by atoms with Gasteiger partial charge in [0.25, 0.3) is 0 Å². The number of para-hydroxylation sites is 1. The molecule has 0 fully saturated rings. The van der Waals surface area contributed by atoms with E-state index in [4.69, 9.17) is 4.74 Å². The van der Waals surface area contributed by atoms with Gasteiger partial charge in [0.1, 0.15) is 11.4 Å². The molecule has 6 heteroatoms. The third-order valence-corrected chi connectivity index (χ3v) is 4.89. The van der Waals surface area contributed by atoms with Crippen LogP contribution in [0.4, 0.5) is 0 Å². The lowest BCUT2D eigenvalue weighted by atomic mass is 10.1. The maximum Gasteiger partial charge on any atom is 0.211 e. The van der Waals surface area contributed by atoms with Gasteiger partial charge in [0.2, 0.25) is 10.0 Å². The van der Waals surface area contributed by atoms with E-state index in [9.17, 15) is 8.42 Å². The van der Waals surface area contributed by atoms with Crippen LogP contribution >= 0.6 is 0 Å². The van der Waals surface area contributed by atoms with Crippen molar-refractivity contribution in [3.63, 3.8) is 0 Å². The van der Waals surface area contributed by atoms with Crippen molar-refractivity contribution in [2.45, 2.75) is 32.9 Å². The zero-order valence-electron chi connectivity index (χ0n) is 12.9. The normalized spacial score (nSPS) is 18.6. The van der Waals surface area contributed by atoms with Crippen molar-refractivity contribution in [3.05, 3.63) is 29.8 Å². The Morgan fingerprint density at radius 2 is 2.05 bits per heavy atom. The zero-order chi connectivity index (χ0) is 15.5. The topological polar surface area (TPSA) is 58.6 Å². The Hall–Kier alpha value is -1.11. The van der Waals surface area contributed by atoms with E-state index >= 15 is 0 Å². The van der Waals surface area contributed by atoms with Crippen LogP contribution < -0.4 is 9.46 Å². The van der Waals surface area contributed by atoms with Crippen LogP contribution in [0.25, 0.3) is 0 Å². The monoisotopic (exact) mass is 312 g/mol. The van der Waals surface area contributed by atoms with Crippen LogP contribution in [0, 0.1) is 0 Å². The van der Waals surface area contributed by atoms with Gasteiger partial charge in [-0.1, -0.05) is 18.2 Å². The molecule has 5 nitrogen and oxygen atoms in total. The predicted molar refractivity (Wildman–Crippen MR) is 83.9 cm³/mol. The van der Waals surface area contributed by atoms with Gasteiger partial charge < -0.3 is 4.74 Å². The Morgan fingerprint density at radius 3 is 2.76 bits per heavy atom. The number of rotatable bonds is 5. The lowest BCUT2D eigenvalue weighted by Crippen LogP contribution is -2.43. The fraction of sp³-hybridized carbons (Fsp3) is 0.600. The minimum absolute atomic E-state index is 0.116. The summed E-state index contributed by atoms with van der Waals surface area (Å²) in [6, 6.07) is 8.01. The standard InChI is InChI=1S/C15H24N2O3S/c1-4-21(18,19)16-9-10-17-11-13-7-5-6-8-14(13)20-15(2,3)12-17/h5-8,16H,4,9-12H2,1-3H3. The smallest absolute Gasteiger partial charge is 0.211 e. The summed E-state index contributed by atoms with van der Waals surface area (Å²) >= 11 is 0. The van der Waals surface area contributed by atoms with Crippen molar-refractivity contribution < 1.29 is 13.2 Å². The largest absolute Gasteiger partial charge is 0.486 e. The molecule has 0 saturated carbocycles. The van der Waals surface area contributed by atoms with Crippen LogP contribution in [0.1, 0.15) is 26.3 Å². The molecule has 1 N–H and O–H groups in total. The van der Waals surface area contributed by atoms with E-state index in [1.807, 2.05) is 18.2 Å². The van der Waals surface area contributed by atoms with Crippen molar-refractivity contribution in [2.24, 2.45) is 0 Å². The maximum absolute atomic E-state index is 11.5. The third-order valence-electron chi connectivity index (χ3n) is 3.49. The first-order valence-corrected chi connectivity index (χ1v) is 8.93. The number of ether oxygens (including phenoxy) is 1. The quantitative estimate of drug-likeness (QED) is 0.897. The molecule has 1 aromatic carbocycles. The summed E-state index contributed by atoms with van der Waals surface area (Å²) < 4.78 is 31.6. The Labute approximate surface area is 127 Å². The minimum Gasteiger partial charge on any atom is -0.486 e. The first kappa shape index (κ1) is 16.3. The van der Waals surface area contributed by atoms with E-state index in [1.54, 1.807) is 6.92 Å². The fourth-order valence-corrected chi connectivity index (χ4v) is 3.13. The fourth-order valence-electron chi connectivity index (χ4n) is 2.52. The van der Waals surface area contributed by atoms with Crippen molar-refractivity contribution in [3.8, 4) is 5.75 Å². The van der Waals surface area contributed by atoms with Crippen LogP contribution in [-0.4, -0.2) is 44.3 Å². The molecule has 1 heterocycles. The molecular weight excluding hydrogens is 288 g/mol. The summed E-state index contributed by atoms with van der Waals surface area (Å²) in [7, 11) is -3.13. The molecule has 1 aromatic rings. The van der Waals surface area contributed by atoms with E-state index in [-0.39, 0.29) is 11.4 Å². The Kier molecular flexibility index (Phi) is 4.91. The maximum atomic E-state index is 11.5. The molecule has 0 saturated heterocycles. The summed E-state index contributed by atoms with van der Waals surface area (Å²) in [5.41, 5.74) is 0.845. The van der Waals surface area contributed by atoms with Gasteiger partial charge in [-0.3, -0.25) is 4.90 Å². The van der Waals surface area contributed by atoms with Crippen molar-refractivity contribution in [2.75, 3.05) is 25.4 Å². The number of nitrogens with one attached hydrogen (secondary N) is 1. The second kappa shape index (κ2) is 6.34. The van der Waals surface area contributed by atoms with Crippen molar-refractivity contribution in [1.82, 2.24) is 9.62 Å². The zero-order valence-corrected chi connectivity index (χ0v) is 13.7. The first-order chi connectivity index (χ1) is 9.81. The summed E-state index contributed by atoms with van der Waals surface area (Å²) in [5, 5.41) is 0. The predicted octanol–water partition coefficient (Wildman–Crippen LogP) is 1.60. The van der Waals surface area contributed by atoms with E-state index in [0.29, 0.717) is 13.1 Å². The second-order valence-corrected chi connectivity index (χ2v) is 8.07. The number of fused-ring (bicyclic) bond motifs is 1. The van der Waals surface area contributed by atoms with Crippen LogP contribution in [0.5, 0.6) is 5.75 Å². The SMILES string of the molecule is CCS(=O)(=O)NCCN1Cc2ccccc2OC(C)(C)C1. The highest BCUT2D eigenvalue weighted by Crippen LogP contribution is 2.28. The van der Waals surface area contributed by atoms with E-state index < -0.39 is 10.0 Å². The van der Waals surface area contributed by atoms with Crippen molar-refractivity contribution >= 4 is 10.0 Å². The lowest BCUT2D eigenvalue weighted by Gasteiger charge is -2.29. The lowest BCUT2D eigenvalue weighted by molar-refractivity contribution is 0.0720. The average Bonchev–Trinajstić information content (AvgIpc) is 2.52. The first-order valence-electron chi connectivity index (χ1n) is 7.28. The van der Waals surface area contributed by atoms with Crippen LogP contribution in [0.3, 0.4) is 0 Å². The second-order valence-electron chi connectivity index (χ2n) is 5.98. The Balaban J connectivity index is 2.04. The van der Waals surface area contributed by atoms with Gasteiger partial charge in [-0.05, 0) is 26.8 Å². The highest BCUT2D eigenvalue weighted by atomic mass is 32.2. The molecule has 0 atom stereocenters. The highest BCUT2D eigenvalue weighted by Gasteiger charge is 2.28. The van der Waals surface area contributed by atoms with Crippen LogP contribution in [0.15, 0.2) is 24.3 Å². The molecule has 0 spiro atoms. The molecule has 0 radical (unpaired) electrons. The van der Waals surface area contributed by atoms with Gasteiger partial charge in [0.15, 0.2) is 0 Å². The molecule has 0 unspecified atom stereocenters. The molecular formula is C15H24N2O3S. The molecule has 21 heavy (non-hydrogen) atoms. The number of hydrogen-bond acceptors (Lipinski definition) is 4. The summed E-state index contributed by atoms with van der Waals surface area (Å²) in [6.45, 7) is 8.37. The van der Waals surface area contributed by atoms with Gasteiger partial charge >= 0.3 is 0 Å². The minimum atomic E-state index is -3.13. The highest BCUT2D eigenvalue weighted by molar-refractivity contribution is 7.89. The van der Waals surface area contributed by atoms with E-state index in [1.165, 1.54) is 0 Å². The molecule has 1 aliphatic heterocycles. The number of nitrogens with zero attached hydrogens (tertiary/aromatic N) is 1. The molecule has 0 bridgehead atoms. The molecule has 0 amide bonds. The van der Waals surface area contributed by atoms with E-state index in [2.05, 4.69) is 29.5 Å². The van der Waals surface area contributed by atoms with E-state index in [0.717, 1.165) is 24.4 Å². The van der Waals surface area contributed by atoms with Gasteiger partial charge in [-0.25, -0.2) is 13.1 Å². The van der Waals surface area contributed by atoms with Gasteiger partial charge in [-0.15, -0.1) is 0 Å². The summed E-state index contributed by atoms with van der Waals surface area (Å²) in [6.07, 6.45) is 0. The summed E-state index contributed by atoms with van der Waals surface area (Å²) in [4.78, 5) is 2.23. The van der Waals surface area contributed by atoms with Gasteiger partial charge in [0, 0.05) is 31.7 Å². The third kappa shape index (κ3) is 4.69. The number of sulfonamides is 1. The molecule has 118 valence electrons.